The molecule has 1 unspecified atom stereocenters. The molecule has 1 aliphatic carbocycles. The third kappa shape index (κ3) is 5.18. The lowest BCUT2D eigenvalue weighted by molar-refractivity contribution is -0.138. The van der Waals surface area contributed by atoms with E-state index in [-0.39, 0.29) is 23.0 Å². The van der Waals surface area contributed by atoms with E-state index in [0.717, 1.165) is 29.0 Å². The summed E-state index contributed by atoms with van der Waals surface area (Å²) >= 11 is 0. The average molecular weight is 457 g/mol. The van der Waals surface area contributed by atoms with Crippen LogP contribution in [0.3, 0.4) is 0 Å². The summed E-state index contributed by atoms with van der Waals surface area (Å²) in [6, 6.07) is 0. The van der Waals surface area contributed by atoms with Crippen LogP contribution in [0, 0.1) is 5.41 Å². The maximum absolute atomic E-state index is 12.4. The van der Waals surface area contributed by atoms with E-state index in [2.05, 4.69) is 50.5 Å². The molecule has 7 heteroatoms. The van der Waals surface area contributed by atoms with E-state index in [9.17, 15) is 9.59 Å². The summed E-state index contributed by atoms with van der Waals surface area (Å²) in [6.45, 7) is 12.6. The van der Waals surface area contributed by atoms with Gasteiger partial charge in [0.05, 0.1) is 25.7 Å². The third-order valence-electron chi connectivity index (χ3n) is 5.97. The standard InChI is InChI=1S/C26H36N2O5/c1-8-32-21(29)13-18-12-17-10-11-26(23(31-7)19(17)15-24(3,4)27-18)16-25(5,6)28-20(26)14-22(30)33-9-2/h10-14,27-28H,8-9,15-16H2,1-7H3. The number of hydrogen-bond acceptors (Lipinski definition) is 7. The molecule has 33 heavy (non-hydrogen) atoms. The number of allylic oxidation sites excluding steroid dienone is 3. The van der Waals surface area contributed by atoms with Gasteiger partial charge in [-0.1, -0.05) is 12.2 Å². The quantitative estimate of drug-likeness (QED) is 0.481. The highest BCUT2D eigenvalue weighted by Gasteiger charge is 2.52. The van der Waals surface area contributed by atoms with Crippen LogP contribution < -0.4 is 10.6 Å². The number of carbonyl (C=O) groups excluding carboxylic acids is 2. The van der Waals surface area contributed by atoms with Gasteiger partial charge in [0.2, 0.25) is 0 Å². The molecule has 3 rings (SSSR count). The van der Waals surface area contributed by atoms with Crippen molar-refractivity contribution < 1.29 is 23.8 Å². The van der Waals surface area contributed by atoms with E-state index in [0.29, 0.717) is 25.3 Å². The molecule has 3 aliphatic rings. The maximum atomic E-state index is 12.4. The Bertz CT molecular complexity index is 981. The van der Waals surface area contributed by atoms with Crippen molar-refractivity contribution >= 4 is 11.9 Å². The first-order valence-electron chi connectivity index (χ1n) is 11.5. The van der Waals surface area contributed by atoms with Crippen molar-refractivity contribution in [2.24, 2.45) is 5.41 Å². The van der Waals surface area contributed by atoms with Gasteiger partial charge in [-0.15, -0.1) is 0 Å². The van der Waals surface area contributed by atoms with E-state index < -0.39 is 5.41 Å². The SMILES string of the molecule is CCOC(=O)C=C1C=C2C=CC3(CC(C)(C)NC3=CC(=O)OCC)C(OC)=C2CC(C)(C)N1. The summed E-state index contributed by atoms with van der Waals surface area (Å²) < 4.78 is 16.4. The Morgan fingerprint density at radius 1 is 1.00 bits per heavy atom. The van der Waals surface area contributed by atoms with Crippen LogP contribution in [0.2, 0.25) is 0 Å². The molecular formula is C26H36N2O5. The van der Waals surface area contributed by atoms with Crippen LogP contribution >= 0.6 is 0 Å². The summed E-state index contributed by atoms with van der Waals surface area (Å²) in [4.78, 5) is 24.5. The summed E-state index contributed by atoms with van der Waals surface area (Å²) in [5.41, 5.74) is 2.25. The molecule has 0 radical (unpaired) electrons. The van der Waals surface area contributed by atoms with Crippen molar-refractivity contribution in [1.82, 2.24) is 10.6 Å². The van der Waals surface area contributed by atoms with Crippen molar-refractivity contribution in [2.75, 3.05) is 20.3 Å². The predicted molar refractivity (Wildman–Crippen MR) is 127 cm³/mol. The number of nitrogens with one attached hydrogen (secondary N) is 2. The normalized spacial score (nSPS) is 27.4. The molecule has 0 bridgehead atoms. The lowest BCUT2D eigenvalue weighted by atomic mass is 9.71. The molecule has 0 amide bonds. The molecule has 1 spiro atoms. The number of carbonyl (C=O) groups is 2. The Hall–Kier alpha value is -2.96. The van der Waals surface area contributed by atoms with Gasteiger partial charge in [0, 0.05) is 40.2 Å². The van der Waals surface area contributed by atoms with Crippen LogP contribution in [0.1, 0.15) is 54.4 Å². The minimum absolute atomic E-state index is 0.248. The Kier molecular flexibility index (Phi) is 6.82. The fourth-order valence-electron chi connectivity index (χ4n) is 5.03. The fourth-order valence-corrected chi connectivity index (χ4v) is 5.03. The highest BCUT2D eigenvalue weighted by Crippen LogP contribution is 2.54. The van der Waals surface area contributed by atoms with Crippen molar-refractivity contribution in [3.8, 4) is 0 Å². The molecular weight excluding hydrogens is 420 g/mol. The van der Waals surface area contributed by atoms with Crippen molar-refractivity contribution in [3.05, 3.63) is 58.7 Å². The number of rotatable bonds is 5. The van der Waals surface area contributed by atoms with Gasteiger partial charge >= 0.3 is 11.9 Å². The van der Waals surface area contributed by atoms with Crippen LogP contribution in [0.25, 0.3) is 0 Å². The first-order chi connectivity index (χ1) is 15.4. The number of ether oxygens (including phenoxy) is 3. The van der Waals surface area contributed by atoms with Gasteiger partial charge in [-0.3, -0.25) is 0 Å². The van der Waals surface area contributed by atoms with E-state index in [1.54, 1.807) is 27.0 Å². The number of hydrogen-bond donors (Lipinski definition) is 2. The maximum Gasteiger partial charge on any atom is 0.332 e. The minimum atomic E-state index is -0.608. The summed E-state index contributed by atoms with van der Waals surface area (Å²) in [6.07, 6.45) is 10.5. The van der Waals surface area contributed by atoms with Crippen LogP contribution in [-0.4, -0.2) is 43.3 Å². The number of esters is 2. The van der Waals surface area contributed by atoms with Gasteiger partial charge < -0.3 is 24.8 Å². The first-order valence-corrected chi connectivity index (χ1v) is 11.5. The lowest BCUT2D eigenvalue weighted by Gasteiger charge is -2.36. The highest BCUT2D eigenvalue weighted by atomic mass is 16.5. The molecule has 1 fully saturated rings. The fraction of sp³-hybridized carbons (Fsp3) is 0.538. The molecule has 2 N–H and O–H groups in total. The van der Waals surface area contributed by atoms with E-state index in [1.165, 1.54) is 6.08 Å². The molecule has 180 valence electrons. The van der Waals surface area contributed by atoms with Crippen LogP contribution in [-0.2, 0) is 23.8 Å². The molecule has 0 aromatic heterocycles. The van der Waals surface area contributed by atoms with Crippen LogP contribution in [0.15, 0.2) is 58.7 Å². The van der Waals surface area contributed by atoms with Gasteiger partial charge in [-0.2, -0.15) is 0 Å². The molecule has 1 atom stereocenters. The van der Waals surface area contributed by atoms with E-state index in [4.69, 9.17) is 14.2 Å². The second kappa shape index (κ2) is 9.12. The Morgan fingerprint density at radius 3 is 2.24 bits per heavy atom. The third-order valence-corrected chi connectivity index (χ3v) is 5.97. The molecule has 2 heterocycles. The zero-order chi connectivity index (χ0) is 24.4. The van der Waals surface area contributed by atoms with E-state index >= 15 is 0 Å². The molecule has 2 aliphatic heterocycles. The monoisotopic (exact) mass is 456 g/mol. The Labute approximate surface area is 196 Å². The molecule has 0 saturated carbocycles. The van der Waals surface area contributed by atoms with Gasteiger partial charge in [0.1, 0.15) is 5.76 Å². The average Bonchev–Trinajstić information content (AvgIpc) is 2.85. The Morgan fingerprint density at radius 2 is 1.64 bits per heavy atom. The smallest absolute Gasteiger partial charge is 0.332 e. The zero-order valence-corrected chi connectivity index (χ0v) is 20.8. The summed E-state index contributed by atoms with van der Waals surface area (Å²) in [5.74, 6) is 0.0385. The molecule has 7 nitrogen and oxygen atoms in total. The topological polar surface area (TPSA) is 85.9 Å². The van der Waals surface area contributed by atoms with Crippen molar-refractivity contribution in [3.63, 3.8) is 0 Å². The highest BCUT2D eigenvalue weighted by molar-refractivity contribution is 5.84. The predicted octanol–water partition coefficient (Wildman–Crippen LogP) is 3.81. The second-order valence-electron chi connectivity index (χ2n) is 9.95. The summed E-state index contributed by atoms with van der Waals surface area (Å²) in [5, 5.41) is 6.97. The van der Waals surface area contributed by atoms with Gasteiger partial charge in [-0.25, -0.2) is 9.59 Å². The van der Waals surface area contributed by atoms with Crippen LogP contribution in [0.4, 0.5) is 0 Å². The first kappa shape index (κ1) is 24.7. The summed E-state index contributed by atoms with van der Waals surface area (Å²) in [7, 11) is 1.68. The number of methoxy groups -OCH3 is 1. The molecule has 1 saturated heterocycles. The van der Waals surface area contributed by atoms with Crippen molar-refractivity contribution in [2.45, 2.75) is 65.5 Å². The Balaban J connectivity index is 2.16. The zero-order valence-electron chi connectivity index (χ0n) is 20.8. The largest absolute Gasteiger partial charge is 0.499 e. The van der Waals surface area contributed by atoms with Crippen molar-refractivity contribution in [1.29, 1.82) is 0 Å². The van der Waals surface area contributed by atoms with E-state index in [1.807, 2.05) is 6.08 Å². The minimum Gasteiger partial charge on any atom is -0.499 e. The number of fused-ring (bicyclic) bond motifs is 1. The lowest BCUT2D eigenvalue weighted by Crippen LogP contribution is -2.38. The molecule has 0 aromatic rings. The van der Waals surface area contributed by atoms with Gasteiger partial charge in [0.25, 0.3) is 0 Å². The second-order valence-corrected chi connectivity index (χ2v) is 9.95. The van der Waals surface area contributed by atoms with Crippen LogP contribution in [0.5, 0.6) is 0 Å². The van der Waals surface area contributed by atoms with Gasteiger partial charge in [-0.05, 0) is 66.0 Å². The molecule has 0 aromatic carbocycles. The van der Waals surface area contributed by atoms with Gasteiger partial charge in [0.15, 0.2) is 0 Å².